The Bertz CT molecular complexity index is 686. The van der Waals surface area contributed by atoms with E-state index in [1.165, 1.54) is 18.2 Å². The quantitative estimate of drug-likeness (QED) is 0.521. The van der Waals surface area contributed by atoms with Crippen LogP contribution in [0.25, 0.3) is 0 Å². The zero-order chi connectivity index (χ0) is 15.4. The largest absolute Gasteiger partial charge is 0.462 e. The van der Waals surface area contributed by atoms with Crippen LogP contribution in [0.4, 0.5) is 11.4 Å². The Labute approximate surface area is 125 Å². The number of rotatable bonds is 3. The maximum absolute atomic E-state index is 12.5. The summed E-state index contributed by atoms with van der Waals surface area (Å²) in [6.45, 7) is 0. The Balaban J connectivity index is 1.55. The van der Waals surface area contributed by atoms with Gasteiger partial charge in [0.15, 0.2) is 0 Å². The molecule has 5 atom stereocenters. The van der Waals surface area contributed by atoms with Gasteiger partial charge in [-0.25, -0.2) is 0 Å². The number of non-ortho nitro benzene ring substituents is 1. The van der Waals surface area contributed by atoms with Crippen molar-refractivity contribution in [1.29, 1.82) is 0 Å². The van der Waals surface area contributed by atoms with E-state index >= 15 is 0 Å². The summed E-state index contributed by atoms with van der Waals surface area (Å²) < 4.78 is 5.31. The minimum atomic E-state index is -0.508. The minimum absolute atomic E-state index is 0.00985. The summed E-state index contributed by atoms with van der Waals surface area (Å²) in [6.07, 6.45) is 1.60. The van der Waals surface area contributed by atoms with Gasteiger partial charge < -0.3 is 10.1 Å². The molecule has 22 heavy (non-hydrogen) atoms. The lowest BCUT2D eigenvalue weighted by Crippen LogP contribution is -2.35. The van der Waals surface area contributed by atoms with Crippen LogP contribution in [0.1, 0.15) is 12.8 Å². The van der Waals surface area contributed by atoms with Crippen molar-refractivity contribution in [2.45, 2.75) is 18.9 Å². The van der Waals surface area contributed by atoms with Crippen molar-refractivity contribution in [3.05, 3.63) is 34.4 Å². The Morgan fingerprint density at radius 3 is 2.95 bits per heavy atom. The molecule has 0 spiro atoms. The summed E-state index contributed by atoms with van der Waals surface area (Å²) in [5, 5.41) is 13.5. The molecule has 114 valence electrons. The van der Waals surface area contributed by atoms with E-state index in [0.29, 0.717) is 5.69 Å². The topological polar surface area (TPSA) is 98.5 Å². The number of fused-ring (bicyclic) bond motifs is 1. The summed E-state index contributed by atoms with van der Waals surface area (Å²) in [5.74, 6) is -0.897. The first kappa shape index (κ1) is 13.2. The van der Waals surface area contributed by atoms with Crippen LogP contribution in [0.3, 0.4) is 0 Å². The van der Waals surface area contributed by atoms with E-state index in [-0.39, 0.29) is 47.3 Å². The van der Waals surface area contributed by atoms with Gasteiger partial charge in [-0.3, -0.25) is 19.7 Å². The standard InChI is InChI=1S/C15H14N2O5/c18-14(16-8-2-1-3-9(6-8)17(20)21)12-7-4-10-11(5-7)22-15(19)13(10)12/h1-3,6-7,10-13H,4-5H2,(H,16,18)/t7-,10-,11-,12+,13+/m1/s1. The van der Waals surface area contributed by atoms with Gasteiger partial charge in [0.1, 0.15) is 6.10 Å². The Morgan fingerprint density at radius 1 is 1.36 bits per heavy atom. The van der Waals surface area contributed by atoms with Crippen molar-refractivity contribution in [2.24, 2.45) is 23.7 Å². The molecule has 3 aliphatic rings. The van der Waals surface area contributed by atoms with Gasteiger partial charge in [-0.2, -0.15) is 0 Å². The lowest BCUT2D eigenvalue weighted by atomic mass is 9.79. The third kappa shape index (κ3) is 1.81. The highest BCUT2D eigenvalue weighted by Gasteiger charge is 2.63. The molecule has 7 nitrogen and oxygen atoms in total. The zero-order valence-electron chi connectivity index (χ0n) is 11.6. The first-order valence-corrected chi connectivity index (χ1v) is 7.30. The average molecular weight is 302 g/mol. The van der Waals surface area contributed by atoms with E-state index in [0.717, 1.165) is 12.8 Å². The Morgan fingerprint density at radius 2 is 2.18 bits per heavy atom. The van der Waals surface area contributed by atoms with E-state index in [1.807, 2.05) is 0 Å². The summed E-state index contributed by atoms with van der Waals surface area (Å²) >= 11 is 0. The highest BCUT2D eigenvalue weighted by Crippen LogP contribution is 2.57. The predicted octanol–water partition coefficient (Wildman–Crippen LogP) is 1.73. The van der Waals surface area contributed by atoms with Crippen molar-refractivity contribution in [1.82, 2.24) is 0 Å². The van der Waals surface area contributed by atoms with Crippen LogP contribution in [0.2, 0.25) is 0 Å². The number of anilines is 1. The molecule has 1 saturated heterocycles. The van der Waals surface area contributed by atoms with Crippen molar-refractivity contribution in [3.63, 3.8) is 0 Å². The number of nitrogens with one attached hydrogen (secondary N) is 1. The second kappa shape index (κ2) is 4.53. The highest BCUT2D eigenvalue weighted by molar-refractivity contribution is 5.97. The smallest absolute Gasteiger partial charge is 0.310 e. The molecule has 2 bridgehead atoms. The molecule has 1 heterocycles. The number of hydrogen-bond donors (Lipinski definition) is 1. The number of ether oxygens (including phenoxy) is 1. The number of esters is 1. The number of nitrogens with zero attached hydrogens (tertiary/aromatic N) is 1. The fourth-order valence-corrected chi connectivity index (χ4v) is 4.29. The molecule has 3 fully saturated rings. The van der Waals surface area contributed by atoms with Crippen molar-refractivity contribution >= 4 is 23.3 Å². The van der Waals surface area contributed by atoms with Crippen LogP contribution in [0, 0.1) is 33.8 Å². The number of carbonyl (C=O) groups is 2. The monoisotopic (exact) mass is 302 g/mol. The number of nitro groups is 1. The number of hydrogen-bond acceptors (Lipinski definition) is 5. The fraction of sp³-hybridized carbons (Fsp3) is 0.467. The fourth-order valence-electron chi connectivity index (χ4n) is 4.29. The number of benzene rings is 1. The predicted molar refractivity (Wildman–Crippen MR) is 74.8 cm³/mol. The summed E-state index contributed by atoms with van der Waals surface area (Å²) in [7, 11) is 0. The molecular formula is C15H14N2O5. The molecule has 1 aliphatic heterocycles. The van der Waals surface area contributed by atoms with Crippen LogP contribution >= 0.6 is 0 Å². The van der Waals surface area contributed by atoms with E-state index in [9.17, 15) is 19.7 Å². The molecule has 1 N–H and O–H groups in total. The molecule has 1 aromatic rings. The van der Waals surface area contributed by atoms with Crippen LogP contribution < -0.4 is 5.32 Å². The van der Waals surface area contributed by atoms with Crippen molar-refractivity contribution in [3.8, 4) is 0 Å². The van der Waals surface area contributed by atoms with Crippen molar-refractivity contribution in [2.75, 3.05) is 5.32 Å². The van der Waals surface area contributed by atoms with Gasteiger partial charge >= 0.3 is 5.97 Å². The van der Waals surface area contributed by atoms with E-state index in [4.69, 9.17) is 4.74 Å². The number of amides is 1. The Hall–Kier alpha value is -2.44. The van der Waals surface area contributed by atoms with Gasteiger partial charge in [-0.15, -0.1) is 0 Å². The first-order valence-electron chi connectivity index (χ1n) is 7.30. The van der Waals surface area contributed by atoms with E-state index < -0.39 is 4.92 Å². The lowest BCUT2D eigenvalue weighted by Gasteiger charge is -2.23. The normalized spacial score (nSPS) is 34.5. The molecule has 1 aromatic carbocycles. The third-order valence-electron chi connectivity index (χ3n) is 5.11. The second-order valence-electron chi connectivity index (χ2n) is 6.22. The molecule has 0 unspecified atom stereocenters. The highest BCUT2D eigenvalue weighted by atomic mass is 16.6. The lowest BCUT2D eigenvalue weighted by molar-refractivity contribution is -0.384. The molecule has 1 amide bonds. The first-order chi connectivity index (χ1) is 10.5. The maximum Gasteiger partial charge on any atom is 0.310 e. The summed E-state index contributed by atoms with van der Waals surface area (Å²) in [5.41, 5.74) is 0.302. The molecule has 7 heteroatoms. The molecule has 4 rings (SSSR count). The maximum atomic E-state index is 12.5. The van der Waals surface area contributed by atoms with Gasteiger partial charge in [0.2, 0.25) is 5.91 Å². The van der Waals surface area contributed by atoms with Gasteiger partial charge in [-0.05, 0) is 24.8 Å². The molecular weight excluding hydrogens is 288 g/mol. The molecule has 2 aliphatic carbocycles. The minimum Gasteiger partial charge on any atom is -0.462 e. The third-order valence-corrected chi connectivity index (χ3v) is 5.11. The van der Waals surface area contributed by atoms with Crippen LogP contribution in [-0.4, -0.2) is 22.9 Å². The summed E-state index contributed by atoms with van der Waals surface area (Å²) in [4.78, 5) is 34.7. The second-order valence-corrected chi connectivity index (χ2v) is 6.22. The van der Waals surface area contributed by atoms with Crippen molar-refractivity contribution < 1.29 is 19.2 Å². The van der Waals surface area contributed by atoms with Gasteiger partial charge in [0.05, 0.1) is 16.8 Å². The average Bonchev–Trinajstić information content (AvgIpc) is 3.08. The van der Waals surface area contributed by atoms with Crippen LogP contribution in [-0.2, 0) is 14.3 Å². The van der Waals surface area contributed by atoms with Gasteiger partial charge in [0, 0.05) is 23.7 Å². The molecule has 0 radical (unpaired) electrons. The zero-order valence-corrected chi connectivity index (χ0v) is 11.6. The van der Waals surface area contributed by atoms with E-state index in [1.54, 1.807) is 6.07 Å². The van der Waals surface area contributed by atoms with E-state index in [2.05, 4.69) is 5.32 Å². The summed E-state index contributed by atoms with van der Waals surface area (Å²) in [6, 6.07) is 5.81. The SMILES string of the molecule is O=C(Nc1cccc([N+](=O)[O-])c1)[C@H]1[C@@H]2C[C@H]3[C@@H]1C(=O)O[C@@H]3C2. The van der Waals surface area contributed by atoms with Crippen LogP contribution in [0.15, 0.2) is 24.3 Å². The molecule has 0 aromatic heterocycles. The number of nitro benzene ring substituents is 1. The van der Waals surface area contributed by atoms with Gasteiger partial charge in [-0.1, -0.05) is 6.07 Å². The Kier molecular flexibility index (Phi) is 2.72. The van der Waals surface area contributed by atoms with Gasteiger partial charge in [0.25, 0.3) is 5.69 Å². The molecule has 2 saturated carbocycles. The number of carbonyl (C=O) groups excluding carboxylic acids is 2. The van der Waals surface area contributed by atoms with Crippen LogP contribution in [0.5, 0.6) is 0 Å².